The van der Waals surface area contributed by atoms with Crippen molar-refractivity contribution in [3.8, 4) is 0 Å². The lowest BCUT2D eigenvalue weighted by Gasteiger charge is -2.07. The number of benzene rings is 1. The molecule has 0 unspecified atom stereocenters. The van der Waals surface area contributed by atoms with Crippen LogP contribution in [0.2, 0.25) is 0 Å². The summed E-state index contributed by atoms with van der Waals surface area (Å²) in [6, 6.07) is 4.96. The average Bonchev–Trinajstić information content (AvgIpc) is 2.48. The average molecular weight is 305 g/mol. The lowest BCUT2D eigenvalue weighted by atomic mass is 10.1. The molecule has 0 heterocycles. The second-order valence-electron chi connectivity index (χ2n) is 5.97. The first kappa shape index (κ1) is 18.3. The van der Waals surface area contributed by atoms with E-state index in [0.717, 1.165) is 6.42 Å². The van der Waals surface area contributed by atoms with Gasteiger partial charge in [0.2, 0.25) is 0 Å². The normalized spacial score (nSPS) is 10.6. The molecule has 124 valence electrons. The van der Waals surface area contributed by atoms with Crippen LogP contribution in [0.15, 0.2) is 18.2 Å². The van der Waals surface area contributed by atoms with Gasteiger partial charge in [-0.05, 0) is 24.6 Å². The molecule has 4 nitrogen and oxygen atoms in total. The summed E-state index contributed by atoms with van der Waals surface area (Å²) in [7, 11) is 0. The Morgan fingerprint density at radius 2 is 1.36 bits per heavy atom. The number of nitrogen functional groups attached to an aromatic ring is 2. The fraction of sp³-hybridized carbons (Fsp3) is 0.611. The van der Waals surface area contributed by atoms with Crippen molar-refractivity contribution in [2.24, 2.45) is 0 Å². The van der Waals surface area contributed by atoms with Crippen LogP contribution in [-0.2, 0) is 0 Å². The summed E-state index contributed by atoms with van der Waals surface area (Å²) in [5.74, 6) is -0.0986. The third-order valence-corrected chi connectivity index (χ3v) is 3.81. The van der Waals surface area contributed by atoms with Crippen molar-refractivity contribution in [3.63, 3.8) is 0 Å². The maximum absolute atomic E-state index is 12.0. The molecule has 0 atom stereocenters. The van der Waals surface area contributed by atoms with Crippen molar-refractivity contribution >= 4 is 17.3 Å². The first-order chi connectivity index (χ1) is 10.6. The minimum Gasteiger partial charge on any atom is -0.399 e. The highest BCUT2D eigenvalue weighted by atomic mass is 16.1. The zero-order valence-corrected chi connectivity index (χ0v) is 13.9. The highest BCUT2D eigenvalue weighted by molar-refractivity contribution is 5.96. The molecule has 1 aromatic rings. The van der Waals surface area contributed by atoms with E-state index in [2.05, 4.69) is 12.2 Å². The fourth-order valence-electron chi connectivity index (χ4n) is 2.55. The molecule has 0 fully saturated rings. The predicted octanol–water partition coefficient (Wildman–Crippen LogP) is 4.11. The maximum atomic E-state index is 12.0. The monoisotopic (exact) mass is 305 g/mol. The van der Waals surface area contributed by atoms with E-state index in [4.69, 9.17) is 11.5 Å². The van der Waals surface area contributed by atoms with E-state index in [1.807, 2.05) is 0 Å². The number of rotatable bonds is 11. The molecule has 0 saturated carbocycles. The van der Waals surface area contributed by atoms with Crippen molar-refractivity contribution in [1.82, 2.24) is 5.32 Å². The lowest BCUT2D eigenvalue weighted by molar-refractivity contribution is 0.0953. The Morgan fingerprint density at radius 1 is 0.864 bits per heavy atom. The summed E-state index contributed by atoms with van der Waals surface area (Å²) in [5, 5.41) is 2.92. The molecule has 0 radical (unpaired) electrons. The predicted molar refractivity (Wildman–Crippen MR) is 94.8 cm³/mol. The van der Waals surface area contributed by atoms with Crippen LogP contribution in [0.4, 0.5) is 11.4 Å². The van der Waals surface area contributed by atoms with Gasteiger partial charge in [-0.3, -0.25) is 4.79 Å². The van der Waals surface area contributed by atoms with E-state index in [9.17, 15) is 4.79 Å². The number of carbonyl (C=O) groups excluding carboxylic acids is 1. The Hall–Kier alpha value is -1.71. The van der Waals surface area contributed by atoms with Crippen molar-refractivity contribution < 1.29 is 4.79 Å². The summed E-state index contributed by atoms with van der Waals surface area (Å²) >= 11 is 0. The van der Waals surface area contributed by atoms with E-state index in [-0.39, 0.29) is 5.91 Å². The second kappa shape index (κ2) is 10.9. The first-order valence-electron chi connectivity index (χ1n) is 8.57. The van der Waals surface area contributed by atoms with Crippen molar-refractivity contribution in [3.05, 3.63) is 23.8 Å². The summed E-state index contributed by atoms with van der Waals surface area (Å²) in [4.78, 5) is 12.0. The second-order valence-corrected chi connectivity index (χ2v) is 5.97. The van der Waals surface area contributed by atoms with Crippen LogP contribution in [0, 0.1) is 0 Å². The molecule has 1 amide bonds. The highest BCUT2D eigenvalue weighted by Gasteiger charge is 2.06. The van der Waals surface area contributed by atoms with Crippen LogP contribution in [0.5, 0.6) is 0 Å². The number of anilines is 2. The number of hydrogen-bond acceptors (Lipinski definition) is 3. The molecule has 22 heavy (non-hydrogen) atoms. The Balaban J connectivity index is 2.06. The molecule has 0 saturated heterocycles. The maximum Gasteiger partial charge on any atom is 0.251 e. The summed E-state index contributed by atoms with van der Waals surface area (Å²) in [6.07, 6.45) is 11.5. The number of nitrogens with two attached hydrogens (primary N) is 2. The first-order valence-corrected chi connectivity index (χ1v) is 8.57. The molecule has 0 spiro atoms. The van der Waals surface area contributed by atoms with Gasteiger partial charge in [-0.1, -0.05) is 58.3 Å². The van der Waals surface area contributed by atoms with Gasteiger partial charge in [0.25, 0.3) is 5.91 Å². The third kappa shape index (κ3) is 7.91. The van der Waals surface area contributed by atoms with Crippen LogP contribution in [0.1, 0.15) is 75.1 Å². The molecule has 0 aliphatic heterocycles. The lowest BCUT2D eigenvalue weighted by Crippen LogP contribution is -2.24. The molecule has 0 aliphatic rings. The molecule has 5 N–H and O–H groups in total. The van der Waals surface area contributed by atoms with E-state index in [1.54, 1.807) is 18.2 Å². The van der Waals surface area contributed by atoms with E-state index in [1.165, 1.54) is 51.4 Å². The van der Waals surface area contributed by atoms with Crippen molar-refractivity contribution in [1.29, 1.82) is 0 Å². The smallest absolute Gasteiger partial charge is 0.251 e. The van der Waals surface area contributed by atoms with E-state index >= 15 is 0 Å². The summed E-state index contributed by atoms with van der Waals surface area (Å²) in [6.45, 7) is 2.95. The molecule has 0 aliphatic carbocycles. The molecule has 1 aromatic carbocycles. The topological polar surface area (TPSA) is 81.1 Å². The molecule has 1 rings (SSSR count). The Bertz CT molecular complexity index is 426. The minimum absolute atomic E-state index is 0.0986. The van der Waals surface area contributed by atoms with Gasteiger partial charge in [0.1, 0.15) is 0 Å². The van der Waals surface area contributed by atoms with E-state index < -0.39 is 0 Å². The number of unbranched alkanes of at least 4 members (excludes halogenated alkanes) is 8. The van der Waals surface area contributed by atoms with Crippen LogP contribution >= 0.6 is 0 Å². The molecular formula is C18H31N3O. The zero-order chi connectivity index (χ0) is 16.2. The standard InChI is InChI=1S/C18H31N3O/c1-2-3-4-5-6-7-8-9-10-11-21-18(22)15-12-16(19)14-17(20)13-15/h12-14H,2-11,19-20H2,1H3,(H,21,22). The Labute approximate surface area is 134 Å². The van der Waals surface area contributed by atoms with Gasteiger partial charge in [0, 0.05) is 23.5 Å². The van der Waals surface area contributed by atoms with Gasteiger partial charge < -0.3 is 16.8 Å². The van der Waals surface area contributed by atoms with Crippen molar-refractivity contribution in [2.75, 3.05) is 18.0 Å². The largest absolute Gasteiger partial charge is 0.399 e. The van der Waals surface area contributed by atoms with Gasteiger partial charge in [-0.2, -0.15) is 0 Å². The van der Waals surface area contributed by atoms with Gasteiger partial charge >= 0.3 is 0 Å². The van der Waals surface area contributed by atoms with Crippen molar-refractivity contribution in [2.45, 2.75) is 64.7 Å². The zero-order valence-electron chi connectivity index (χ0n) is 13.9. The highest BCUT2D eigenvalue weighted by Crippen LogP contribution is 2.13. The van der Waals surface area contributed by atoms with Crippen LogP contribution in [-0.4, -0.2) is 12.5 Å². The fourth-order valence-corrected chi connectivity index (χ4v) is 2.55. The van der Waals surface area contributed by atoms with Crippen LogP contribution in [0.25, 0.3) is 0 Å². The van der Waals surface area contributed by atoms with Gasteiger partial charge in [0.15, 0.2) is 0 Å². The SMILES string of the molecule is CCCCCCCCCCCNC(=O)c1cc(N)cc(N)c1. The minimum atomic E-state index is -0.0986. The number of hydrogen-bond donors (Lipinski definition) is 3. The number of nitrogens with one attached hydrogen (secondary N) is 1. The third-order valence-electron chi connectivity index (χ3n) is 3.81. The summed E-state index contributed by atoms with van der Waals surface area (Å²) < 4.78 is 0. The van der Waals surface area contributed by atoms with Crippen LogP contribution in [0.3, 0.4) is 0 Å². The molecule has 0 aromatic heterocycles. The van der Waals surface area contributed by atoms with Gasteiger partial charge in [-0.25, -0.2) is 0 Å². The Morgan fingerprint density at radius 3 is 1.91 bits per heavy atom. The Kier molecular flexibility index (Phi) is 9.12. The number of carbonyl (C=O) groups is 1. The quantitative estimate of drug-likeness (QED) is 0.425. The van der Waals surface area contributed by atoms with Gasteiger partial charge in [-0.15, -0.1) is 0 Å². The van der Waals surface area contributed by atoms with Crippen LogP contribution < -0.4 is 16.8 Å². The van der Waals surface area contributed by atoms with E-state index in [0.29, 0.717) is 23.5 Å². The molecule has 4 heteroatoms. The van der Waals surface area contributed by atoms with Gasteiger partial charge in [0.05, 0.1) is 0 Å². The summed E-state index contributed by atoms with van der Waals surface area (Å²) in [5.41, 5.74) is 13.0. The number of amides is 1. The molecular weight excluding hydrogens is 274 g/mol. The molecule has 0 bridgehead atoms.